The second kappa shape index (κ2) is 7.04. The van der Waals surface area contributed by atoms with Gasteiger partial charge in [-0.25, -0.2) is 0 Å². The highest BCUT2D eigenvalue weighted by Crippen LogP contribution is 2.12. The van der Waals surface area contributed by atoms with Crippen molar-refractivity contribution < 1.29 is 9.53 Å². The van der Waals surface area contributed by atoms with Gasteiger partial charge in [0, 0.05) is 12.8 Å². The number of carbonyl (C=O) groups excluding carboxylic acids is 1. The molecule has 0 amide bonds. The van der Waals surface area contributed by atoms with Gasteiger partial charge in [0.05, 0.1) is 6.61 Å². The molecule has 0 unspecified atom stereocenters. The van der Waals surface area contributed by atoms with Crippen molar-refractivity contribution in [1.29, 1.82) is 0 Å². The van der Waals surface area contributed by atoms with Gasteiger partial charge in [-0.3, -0.25) is 4.79 Å². The maximum atomic E-state index is 11.0. The predicted molar refractivity (Wildman–Crippen MR) is 65.8 cm³/mol. The summed E-state index contributed by atoms with van der Waals surface area (Å²) in [5, 5.41) is 0. The summed E-state index contributed by atoms with van der Waals surface area (Å²) in [4.78, 5) is 11.0. The van der Waals surface area contributed by atoms with E-state index in [4.69, 9.17) is 4.74 Å². The molecule has 0 saturated heterocycles. The van der Waals surface area contributed by atoms with E-state index in [2.05, 4.69) is 6.92 Å². The molecule has 0 fully saturated rings. The van der Waals surface area contributed by atoms with Crippen LogP contribution in [0.4, 0.5) is 0 Å². The number of Topliss-reactive ketones (excluding diaryl/α,β-unsaturated/α-hetero) is 1. The minimum atomic E-state index is 0.343. The molecule has 2 nitrogen and oxygen atoms in total. The highest BCUT2D eigenvalue weighted by atomic mass is 16.5. The minimum Gasteiger partial charge on any atom is -0.494 e. The molecule has 0 heterocycles. The molecule has 0 spiro atoms. The highest BCUT2D eigenvalue weighted by molar-refractivity contribution is 5.77. The van der Waals surface area contributed by atoms with E-state index in [-0.39, 0.29) is 0 Å². The van der Waals surface area contributed by atoms with Gasteiger partial charge in [-0.15, -0.1) is 0 Å². The topological polar surface area (TPSA) is 26.3 Å². The van der Waals surface area contributed by atoms with Crippen LogP contribution in [0.2, 0.25) is 0 Å². The van der Waals surface area contributed by atoms with Crippen molar-refractivity contribution in [2.24, 2.45) is 0 Å². The summed E-state index contributed by atoms with van der Waals surface area (Å²) in [6.07, 6.45) is 3.21. The summed E-state index contributed by atoms with van der Waals surface area (Å²) in [6.45, 7) is 4.66. The third-order valence-corrected chi connectivity index (χ3v) is 2.53. The lowest BCUT2D eigenvalue weighted by Gasteiger charge is -2.05. The Labute approximate surface area is 97.6 Å². The fourth-order valence-electron chi connectivity index (χ4n) is 1.43. The number of hydrogen-bond acceptors (Lipinski definition) is 2. The Balaban J connectivity index is 2.11. The van der Waals surface area contributed by atoms with Gasteiger partial charge in [0.25, 0.3) is 0 Å². The van der Waals surface area contributed by atoms with E-state index in [0.717, 1.165) is 18.6 Å². The molecule has 1 aromatic rings. The Morgan fingerprint density at radius 2 is 1.88 bits per heavy atom. The summed E-state index contributed by atoms with van der Waals surface area (Å²) in [6, 6.07) is 8.03. The lowest BCUT2D eigenvalue weighted by molar-refractivity contribution is -0.118. The van der Waals surface area contributed by atoms with Crippen LogP contribution in [0.25, 0.3) is 0 Å². The average molecular weight is 220 g/mol. The SMILES string of the molecule is CCC(=O)CCCCOc1ccc(C)cc1. The summed E-state index contributed by atoms with van der Waals surface area (Å²) in [5.41, 5.74) is 1.24. The van der Waals surface area contributed by atoms with Crippen LogP contribution in [-0.4, -0.2) is 12.4 Å². The van der Waals surface area contributed by atoms with Crippen molar-refractivity contribution >= 4 is 5.78 Å². The van der Waals surface area contributed by atoms with E-state index in [1.807, 2.05) is 31.2 Å². The van der Waals surface area contributed by atoms with Crippen LogP contribution in [0.15, 0.2) is 24.3 Å². The molecule has 0 bridgehead atoms. The highest BCUT2D eigenvalue weighted by Gasteiger charge is 1.98. The van der Waals surface area contributed by atoms with Crippen molar-refractivity contribution in [3.63, 3.8) is 0 Å². The minimum absolute atomic E-state index is 0.343. The Kier molecular flexibility index (Phi) is 5.62. The summed E-state index contributed by atoms with van der Waals surface area (Å²) in [7, 11) is 0. The molecule has 16 heavy (non-hydrogen) atoms. The molecule has 0 aliphatic heterocycles. The van der Waals surface area contributed by atoms with E-state index in [1.165, 1.54) is 5.56 Å². The van der Waals surface area contributed by atoms with Gasteiger partial charge in [-0.1, -0.05) is 24.6 Å². The summed E-state index contributed by atoms with van der Waals surface area (Å²) >= 11 is 0. The number of aryl methyl sites for hydroxylation is 1. The quantitative estimate of drug-likeness (QED) is 0.657. The van der Waals surface area contributed by atoms with Gasteiger partial charge in [-0.2, -0.15) is 0 Å². The molecule has 0 aliphatic carbocycles. The zero-order valence-corrected chi connectivity index (χ0v) is 10.2. The second-order valence-corrected chi connectivity index (χ2v) is 4.01. The largest absolute Gasteiger partial charge is 0.494 e. The molecule has 1 aromatic carbocycles. The molecule has 2 heteroatoms. The number of ketones is 1. The molecule has 0 aliphatic rings. The number of unbranched alkanes of at least 4 members (excludes halogenated alkanes) is 1. The van der Waals surface area contributed by atoms with Crippen molar-refractivity contribution in [1.82, 2.24) is 0 Å². The molecule has 88 valence electrons. The van der Waals surface area contributed by atoms with Crippen LogP contribution in [-0.2, 0) is 4.79 Å². The molecule has 0 radical (unpaired) electrons. The van der Waals surface area contributed by atoms with Gasteiger partial charge in [0.1, 0.15) is 11.5 Å². The fraction of sp³-hybridized carbons (Fsp3) is 0.500. The van der Waals surface area contributed by atoms with E-state index in [0.29, 0.717) is 25.2 Å². The second-order valence-electron chi connectivity index (χ2n) is 4.01. The molecule has 0 aromatic heterocycles. The van der Waals surface area contributed by atoms with Crippen molar-refractivity contribution in [2.75, 3.05) is 6.61 Å². The zero-order chi connectivity index (χ0) is 11.8. The first-order chi connectivity index (χ1) is 7.72. The lowest BCUT2D eigenvalue weighted by atomic mass is 10.1. The van der Waals surface area contributed by atoms with E-state index in [1.54, 1.807) is 0 Å². The molecule has 1 rings (SSSR count). The smallest absolute Gasteiger partial charge is 0.132 e. The first-order valence-electron chi connectivity index (χ1n) is 5.93. The monoisotopic (exact) mass is 220 g/mol. The fourth-order valence-corrected chi connectivity index (χ4v) is 1.43. The molecule has 0 N–H and O–H groups in total. The van der Waals surface area contributed by atoms with Gasteiger partial charge in [-0.05, 0) is 31.9 Å². The standard InChI is InChI=1S/C14H20O2/c1-3-13(15)6-4-5-11-16-14-9-7-12(2)8-10-14/h7-10H,3-6,11H2,1-2H3. The normalized spacial score (nSPS) is 10.1. The van der Waals surface area contributed by atoms with Crippen LogP contribution in [0, 0.1) is 6.92 Å². The van der Waals surface area contributed by atoms with Crippen LogP contribution in [0.3, 0.4) is 0 Å². The third kappa shape index (κ3) is 4.96. The van der Waals surface area contributed by atoms with Crippen LogP contribution >= 0.6 is 0 Å². The van der Waals surface area contributed by atoms with E-state index < -0.39 is 0 Å². The Morgan fingerprint density at radius 3 is 2.50 bits per heavy atom. The Hall–Kier alpha value is -1.31. The number of rotatable bonds is 7. The van der Waals surface area contributed by atoms with Gasteiger partial charge < -0.3 is 4.74 Å². The number of ether oxygens (including phenoxy) is 1. The average Bonchev–Trinajstić information content (AvgIpc) is 2.31. The summed E-state index contributed by atoms with van der Waals surface area (Å²) < 4.78 is 5.57. The number of benzene rings is 1. The lowest BCUT2D eigenvalue weighted by Crippen LogP contribution is -2.00. The van der Waals surface area contributed by atoms with Gasteiger partial charge in [0.2, 0.25) is 0 Å². The molecule has 0 saturated carbocycles. The molecular formula is C14H20O2. The Bertz CT molecular complexity index is 314. The van der Waals surface area contributed by atoms with E-state index in [9.17, 15) is 4.79 Å². The third-order valence-electron chi connectivity index (χ3n) is 2.53. The van der Waals surface area contributed by atoms with Crippen LogP contribution in [0.1, 0.15) is 38.2 Å². The van der Waals surface area contributed by atoms with Crippen molar-refractivity contribution in [2.45, 2.75) is 39.5 Å². The van der Waals surface area contributed by atoms with Crippen LogP contribution < -0.4 is 4.74 Å². The molecular weight excluding hydrogens is 200 g/mol. The Morgan fingerprint density at radius 1 is 1.19 bits per heavy atom. The predicted octanol–water partition coefficient (Wildman–Crippen LogP) is 3.52. The number of carbonyl (C=O) groups is 1. The number of hydrogen-bond donors (Lipinski definition) is 0. The van der Waals surface area contributed by atoms with Crippen molar-refractivity contribution in [3.05, 3.63) is 29.8 Å². The maximum Gasteiger partial charge on any atom is 0.132 e. The van der Waals surface area contributed by atoms with E-state index >= 15 is 0 Å². The zero-order valence-electron chi connectivity index (χ0n) is 10.2. The van der Waals surface area contributed by atoms with Crippen LogP contribution in [0.5, 0.6) is 5.75 Å². The first-order valence-corrected chi connectivity index (χ1v) is 5.93. The van der Waals surface area contributed by atoms with Gasteiger partial charge >= 0.3 is 0 Å². The van der Waals surface area contributed by atoms with Crippen molar-refractivity contribution in [3.8, 4) is 5.75 Å². The summed E-state index contributed by atoms with van der Waals surface area (Å²) in [5.74, 6) is 1.25. The van der Waals surface area contributed by atoms with Gasteiger partial charge in [0.15, 0.2) is 0 Å². The molecule has 0 atom stereocenters. The maximum absolute atomic E-state index is 11.0. The first kappa shape index (κ1) is 12.8.